The van der Waals surface area contributed by atoms with Crippen molar-refractivity contribution in [1.29, 1.82) is 0 Å². The number of primary amides is 1. The SMILES string of the molecule is COc1cccc(-c2cc(OC(=O)N[C@H]3CCCCNC3)c(NC(N)=O)s2)c1. The maximum atomic E-state index is 12.4. The van der Waals surface area contributed by atoms with Crippen molar-refractivity contribution in [2.24, 2.45) is 5.73 Å². The Kier molecular flexibility index (Phi) is 6.72. The third-order valence-electron chi connectivity index (χ3n) is 4.36. The topological polar surface area (TPSA) is 115 Å². The molecule has 3 rings (SSSR count). The maximum Gasteiger partial charge on any atom is 0.412 e. The number of nitrogens with one attached hydrogen (secondary N) is 3. The molecule has 0 aliphatic carbocycles. The van der Waals surface area contributed by atoms with Crippen molar-refractivity contribution in [2.75, 3.05) is 25.5 Å². The second-order valence-electron chi connectivity index (χ2n) is 6.46. The van der Waals surface area contributed by atoms with Crippen molar-refractivity contribution in [3.8, 4) is 21.9 Å². The number of anilines is 1. The molecule has 9 heteroatoms. The number of nitrogens with two attached hydrogens (primary N) is 1. The molecule has 0 radical (unpaired) electrons. The molecule has 2 heterocycles. The van der Waals surface area contributed by atoms with Crippen LogP contribution in [0.5, 0.6) is 11.5 Å². The molecule has 5 N–H and O–H groups in total. The van der Waals surface area contributed by atoms with E-state index in [0.29, 0.717) is 17.3 Å². The lowest BCUT2D eigenvalue weighted by Crippen LogP contribution is -2.42. The van der Waals surface area contributed by atoms with E-state index in [1.165, 1.54) is 11.3 Å². The van der Waals surface area contributed by atoms with Gasteiger partial charge in [0, 0.05) is 23.5 Å². The Morgan fingerprint density at radius 1 is 1.29 bits per heavy atom. The highest BCUT2D eigenvalue weighted by Gasteiger charge is 2.19. The third-order valence-corrected chi connectivity index (χ3v) is 5.44. The molecule has 28 heavy (non-hydrogen) atoms. The molecule has 1 saturated heterocycles. The molecule has 1 aliphatic rings. The number of amides is 3. The van der Waals surface area contributed by atoms with Crippen LogP contribution in [0.25, 0.3) is 10.4 Å². The van der Waals surface area contributed by atoms with Crippen molar-refractivity contribution < 1.29 is 19.1 Å². The highest BCUT2D eigenvalue weighted by molar-refractivity contribution is 7.20. The first-order chi connectivity index (χ1) is 13.5. The molecule has 1 aromatic heterocycles. The van der Waals surface area contributed by atoms with E-state index >= 15 is 0 Å². The van der Waals surface area contributed by atoms with Gasteiger partial charge in [-0.05, 0) is 37.1 Å². The van der Waals surface area contributed by atoms with E-state index in [9.17, 15) is 9.59 Å². The van der Waals surface area contributed by atoms with Gasteiger partial charge in [-0.1, -0.05) is 18.6 Å². The zero-order valence-corrected chi connectivity index (χ0v) is 16.4. The second kappa shape index (κ2) is 9.43. The molecule has 0 spiro atoms. The van der Waals surface area contributed by atoms with E-state index in [-0.39, 0.29) is 11.8 Å². The van der Waals surface area contributed by atoms with Gasteiger partial charge in [-0.15, -0.1) is 11.3 Å². The largest absolute Gasteiger partial charge is 0.497 e. The molecule has 1 aliphatic heterocycles. The molecule has 3 amide bonds. The lowest BCUT2D eigenvalue weighted by molar-refractivity contribution is 0.195. The maximum absolute atomic E-state index is 12.4. The zero-order valence-electron chi connectivity index (χ0n) is 15.6. The molecule has 0 unspecified atom stereocenters. The molecule has 0 bridgehead atoms. The van der Waals surface area contributed by atoms with Gasteiger partial charge in [-0.3, -0.25) is 5.32 Å². The minimum atomic E-state index is -0.725. The fraction of sp³-hybridized carbons (Fsp3) is 0.368. The molecule has 1 aromatic carbocycles. The van der Waals surface area contributed by atoms with Gasteiger partial charge in [0.05, 0.1) is 7.11 Å². The summed E-state index contributed by atoms with van der Waals surface area (Å²) in [5.74, 6) is 0.956. The number of urea groups is 1. The van der Waals surface area contributed by atoms with E-state index in [1.807, 2.05) is 24.3 Å². The van der Waals surface area contributed by atoms with Gasteiger partial charge < -0.3 is 25.8 Å². The first-order valence-electron chi connectivity index (χ1n) is 9.09. The lowest BCUT2D eigenvalue weighted by Gasteiger charge is -2.16. The number of rotatable bonds is 5. The highest BCUT2D eigenvalue weighted by Crippen LogP contribution is 2.41. The van der Waals surface area contributed by atoms with E-state index < -0.39 is 12.1 Å². The van der Waals surface area contributed by atoms with E-state index in [4.69, 9.17) is 15.2 Å². The molecular formula is C19H24N4O4S. The van der Waals surface area contributed by atoms with Gasteiger partial charge in [0.1, 0.15) is 10.8 Å². The summed E-state index contributed by atoms with van der Waals surface area (Å²) in [7, 11) is 1.59. The smallest absolute Gasteiger partial charge is 0.412 e. The van der Waals surface area contributed by atoms with Crippen LogP contribution >= 0.6 is 11.3 Å². The molecule has 8 nitrogen and oxygen atoms in total. The molecular weight excluding hydrogens is 380 g/mol. The minimum absolute atomic E-state index is 0.0130. The Hall–Kier alpha value is -2.78. The average Bonchev–Trinajstić information content (AvgIpc) is 2.88. The number of carbonyl (C=O) groups is 2. The minimum Gasteiger partial charge on any atom is -0.497 e. The van der Waals surface area contributed by atoms with Crippen LogP contribution in [-0.2, 0) is 0 Å². The quantitative estimate of drug-likeness (QED) is 0.611. The Morgan fingerprint density at radius 3 is 2.93 bits per heavy atom. The number of ether oxygens (including phenoxy) is 2. The number of methoxy groups -OCH3 is 1. The van der Waals surface area contributed by atoms with Crippen LogP contribution in [0.4, 0.5) is 14.6 Å². The van der Waals surface area contributed by atoms with Gasteiger partial charge in [-0.25, -0.2) is 9.59 Å². The Bertz CT molecular complexity index is 831. The predicted molar refractivity (Wildman–Crippen MR) is 109 cm³/mol. The monoisotopic (exact) mass is 404 g/mol. The fourth-order valence-electron chi connectivity index (χ4n) is 3.01. The van der Waals surface area contributed by atoms with Crippen LogP contribution in [0.3, 0.4) is 0 Å². The van der Waals surface area contributed by atoms with Crippen LogP contribution < -0.4 is 31.2 Å². The average molecular weight is 404 g/mol. The standard InChI is InChI=1S/C19H24N4O4S/c1-26-14-7-4-5-12(9-14)16-10-15(17(28-16)23-18(20)24)27-19(25)22-13-6-2-3-8-21-11-13/h4-5,7,9-10,13,21H,2-3,6,8,11H2,1H3,(H,22,25)(H3,20,23,24)/t13-/m0/s1. The summed E-state index contributed by atoms with van der Waals surface area (Å²) in [4.78, 5) is 24.5. The number of benzene rings is 1. The number of carbonyl (C=O) groups excluding carboxylic acids is 2. The molecule has 150 valence electrons. The van der Waals surface area contributed by atoms with Gasteiger partial charge in [0.25, 0.3) is 0 Å². The highest BCUT2D eigenvalue weighted by atomic mass is 32.1. The van der Waals surface area contributed by atoms with Gasteiger partial charge in [0.2, 0.25) is 0 Å². The Labute approximate surface area is 167 Å². The van der Waals surface area contributed by atoms with Crippen molar-refractivity contribution in [2.45, 2.75) is 25.3 Å². The number of thiophene rings is 1. The lowest BCUT2D eigenvalue weighted by atomic mass is 10.1. The summed E-state index contributed by atoms with van der Waals surface area (Å²) < 4.78 is 10.7. The van der Waals surface area contributed by atoms with E-state index in [0.717, 1.165) is 36.2 Å². The molecule has 1 atom stereocenters. The summed E-state index contributed by atoms with van der Waals surface area (Å²) in [5.41, 5.74) is 6.13. The first kappa shape index (κ1) is 20.0. The van der Waals surface area contributed by atoms with Crippen LogP contribution in [0.15, 0.2) is 30.3 Å². The summed E-state index contributed by atoms with van der Waals surface area (Å²) in [6, 6.07) is 8.46. The summed E-state index contributed by atoms with van der Waals surface area (Å²) in [6.07, 6.45) is 2.48. The van der Waals surface area contributed by atoms with Gasteiger partial charge >= 0.3 is 12.1 Å². The van der Waals surface area contributed by atoms with Crippen molar-refractivity contribution >= 4 is 28.5 Å². The second-order valence-corrected chi connectivity index (χ2v) is 7.51. The summed E-state index contributed by atoms with van der Waals surface area (Å²) in [6.45, 7) is 1.66. The fourth-order valence-corrected chi connectivity index (χ4v) is 3.99. The summed E-state index contributed by atoms with van der Waals surface area (Å²) >= 11 is 1.27. The summed E-state index contributed by atoms with van der Waals surface area (Å²) in [5, 5.41) is 9.05. The first-order valence-corrected chi connectivity index (χ1v) is 9.90. The molecule has 2 aromatic rings. The number of hydrogen-bond donors (Lipinski definition) is 4. The van der Waals surface area contributed by atoms with Crippen LogP contribution in [0.2, 0.25) is 0 Å². The Morgan fingerprint density at radius 2 is 2.14 bits per heavy atom. The van der Waals surface area contributed by atoms with Crippen molar-refractivity contribution in [3.05, 3.63) is 30.3 Å². The zero-order chi connectivity index (χ0) is 19.9. The van der Waals surface area contributed by atoms with Gasteiger partial charge in [-0.2, -0.15) is 0 Å². The van der Waals surface area contributed by atoms with Crippen LogP contribution in [0, 0.1) is 0 Å². The van der Waals surface area contributed by atoms with E-state index in [2.05, 4.69) is 16.0 Å². The predicted octanol–water partition coefficient (Wildman–Crippen LogP) is 3.14. The Balaban J connectivity index is 1.77. The third kappa shape index (κ3) is 5.37. The van der Waals surface area contributed by atoms with Crippen LogP contribution in [0.1, 0.15) is 19.3 Å². The molecule has 1 fully saturated rings. The number of hydrogen-bond acceptors (Lipinski definition) is 6. The van der Waals surface area contributed by atoms with Crippen molar-refractivity contribution in [3.63, 3.8) is 0 Å². The van der Waals surface area contributed by atoms with Gasteiger partial charge in [0.15, 0.2) is 5.75 Å². The van der Waals surface area contributed by atoms with E-state index in [1.54, 1.807) is 13.2 Å². The van der Waals surface area contributed by atoms with Crippen LogP contribution in [-0.4, -0.2) is 38.4 Å². The normalized spacial score (nSPS) is 16.7. The molecule has 0 saturated carbocycles. The van der Waals surface area contributed by atoms with Crippen molar-refractivity contribution in [1.82, 2.24) is 10.6 Å².